The van der Waals surface area contributed by atoms with Gasteiger partial charge in [0.1, 0.15) is 12.6 Å². The van der Waals surface area contributed by atoms with Crippen LogP contribution in [0.25, 0.3) is 0 Å². The van der Waals surface area contributed by atoms with Crippen LogP contribution in [0.2, 0.25) is 0 Å². The highest BCUT2D eigenvalue weighted by Crippen LogP contribution is 2.27. The molecule has 2 amide bonds. The number of sulfonamides is 1. The summed E-state index contributed by atoms with van der Waals surface area (Å²) in [6.07, 6.45) is 5.42. The van der Waals surface area contributed by atoms with Gasteiger partial charge in [-0.15, -0.1) is 0 Å². The van der Waals surface area contributed by atoms with Crippen LogP contribution in [0.4, 0.5) is 11.4 Å². The van der Waals surface area contributed by atoms with E-state index in [9.17, 15) is 28.1 Å². The number of nitro groups is 1. The van der Waals surface area contributed by atoms with E-state index in [1.807, 2.05) is 30.3 Å². The lowest BCUT2D eigenvalue weighted by Gasteiger charge is -2.33. The monoisotopic (exact) mass is 592 g/mol. The molecule has 1 saturated carbocycles. The van der Waals surface area contributed by atoms with Gasteiger partial charge in [0.05, 0.1) is 15.5 Å². The van der Waals surface area contributed by atoms with Gasteiger partial charge in [-0.3, -0.25) is 24.0 Å². The first kappa shape index (κ1) is 30.7. The number of carbonyl (C=O) groups is 2. The Bertz CT molecular complexity index is 1480. The molecule has 0 aliphatic heterocycles. The molecule has 222 valence electrons. The van der Waals surface area contributed by atoms with E-state index in [1.54, 1.807) is 25.1 Å². The van der Waals surface area contributed by atoms with E-state index in [2.05, 4.69) is 5.32 Å². The van der Waals surface area contributed by atoms with E-state index in [4.69, 9.17) is 0 Å². The fourth-order valence-corrected chi connectivity index (χ4v) is 6.58. The number of carbonyl (C=O) groups excluding carboxylic acids is 2. The number of rotatable bonds is 12. The van der Waals surface area contributed by atoms with E-state index in [1.165, 1.54) is 35.2 Å². The predicted molar refractivity (Wildman–Crippen MR) is 160 cm³/mol. The highest BCUT2D eigenvalue weighted by Gasteiger charge is 2.33. The lowest BCUT2D eigenvalue weighted by molar-refractivity contribution is -0.384. The fourth-order valence-electron chi connectivity index (χ4n) is 5.15. The summed E-state index contributed by atoms with van der Waals surface area (Å²) >= 11 is 0. The third-order valence-electron chi connectivity index (χ3n) is 7.54. The van der Waals surface area contributed by atoms with Gasteiger partial charge in [-0.1, -0.05) is 73.9 Å². The van der Waals surface area contributed by atoms with Crippen molar-refractivity contribution in [1.29, 1.82) is 0 Å². The van der Waals surface area contributed by atoms with E-state index >= 15 is 0 Å². The van der Waals surface area contributed by atoms with Gasteiger partial charge in [0.15, 0.2) is 0 Å². The van der Waals surface area contributed by atoms with Gasteiger partial charge in [0.25, 0.3) is 15.7 Å². The number of non-ortho nitro benzene ring substituents is 1. The third-order valence-corrected chi connectivity index (χ3v) is 9.33. The van der Waals surface area contributed by atoms with Crippen LogP contribution in [0, 0.1) is 10.1 Å². The van der Waals surface area contributed by atoms with Crippen LogP contribution in [-0.4, -0.2) is 55.2 Å². The zero-order valence-electron chi connectivity index (χ0n) is 23.6. The predicted octanol–water partition coefficient (Wildman–Crippen LogP) is 4.70. The molecular formula is C31H36N4O6S. The highest BCUT2D eigenvalue weighted by molar-refractivity contribution is 7.92. The Morgan fingerprint density at radius 2 is 1.60 bits per heavy atom. The molecule has 3 aromatic rings. The minimum Gasteiger partial charge on any atom is -0.352 e. The van der Waals surface area contributed by atoms with Crippen LogP contribution >= 0.6 is 0 Å². The highest BCUT2D eigenvalue weighted by atomic mass is 32.2. The van der Waals surface area contributed by atoms with Crippen molar-refractivity contribution in [1.82, 2.24) is 10.2 Å². The summed E-state index contributed by atoms with van der Waals surface area (Å²) in [5, 5.41) is 14.6. The Kier molecular flexibility index (Phi) is 10.3. The fraction of sp³-hybridized carbons (Fsp3) is 0.355. The summed E-state index contributed by atoms with van der Waals surface area (Å²) in [6.45, 7) is 1.18. The van der Waals surface area contributed by atoms with Crippen LogP contribution in [-0.2, 0) is 26.0 Å². The maximum Gasteiger partial charge on any atom is 0.271 e. The van der Waals surface area contributed by atoms with Gasteiger partial charge < -0.3 is 10.2 Å². The summed E-state index contributed by atoms with van der Waals surface area (Å²) in [5.41, 5.74) is 0.626. The second-order valence-corrected chi connectivity index (χ2v) is 12.3. The number of anilines is 1. The minimum atomic E-state index is -4.30. The SMILES string of the molecule is C[C@H](C(=O)NC1CCCCC1)N(CCc1ccccc1)C(=O)CN(c1cccc([N+](=O)[O-])c1)S(=O)(=O)c1ccccc1. The maximum atomic E-state index is 14.0. The zero-order valence-corrected chi connectivity index (χ0v) is 24.4. The number of nitrogens with zero attached hydrogens (tertiary/aromatic N) is 3. The molecule has 4 rings (SSSR count). The van der Waals surface area contributed by atoms with Gasteiger partial charge in [-0.2, -0.15) is 0 Å². The van der Waals surface area contributed by atoms with Gasteiger partial charge in [0.2, 0.25) is 11.8 Å². The lowest BCUT2D eigenvalue weighted by Crippen LogP contribution is -2.53. The van der Waals surface area contributed by atoms with Gasteiger partial charge >= 0.3 is 0 Å². The molecule has 3 aromatic carbocycles. The van der Waals surface area contributed by atoms with E-state index < -0.39 is 33.4 Å². The molecule has 1 fully saturated rings. The van der Waals surface area contributed by atoms with Crippen LogP contribution in [0.3, 0.4) is 0 Å². The average Bonchev–Trinajstić information content (AvgIpc) is 3.01. The van der Waals surface area contributed by atoms with E-state index in [-0.39, 0.29) is 34.8 Å². The van der Waals surface area contributed by atoms with Crippen molar-refractivity contribution in [3.8, 4) is 0 Å². The number of nitro benzene ring substituents is 1. The van der Waals surface area contributed by atoms with Crippen molar-refractivity contribution >= 4 is 33.2 Å². The summed E-state index contributed by atoms with van der Waals surface area (Å²) in [7, 11) is -4.30. The molecule has 1 aliphatic rings. The Balaban J connectivity index is 1.66. The first-order valence-corrected chi connectivity index (χ1v) is 15.6. The van der Waals surface area contributed by atoms with Gasteiger partial charge in [-0.25, -0.2) is 8.42 Å². The molecule has 1 atom stereocenters. The Labute approximate surface area is 246 Å². The molecule has 1 N–H and O–H groups in total. The molecule has 11 heteroatoms. The molecule has 10 nitrogen and oxygen atoms in total. The summed E-state index contributed by atoms with van der Waals surface area (Å²) < 4.78 is 28.5. The molecule has 0 unspecified atom stereocenters. The quantitative estimate of drug-likeness (QED) is 0.240. The lowest BCUT2D eigenvalue weighted by atomic mass is 9.95. The number of nitrogens with one attached hydrogen (secondary N) is 1. The maximum absolute atomic E-state index is 14.0. The molecule has 1 aliphatic carbocycles. The van der Waals surface area contributed by atoms with Crippen LogP contribution in [0.1, 0.15) is 44.6 Å². The number of hydrogen-bond acceptors (Lipinski definition) is 6. The molecule has 0 heterocycles. The topological polar surface area (TPSA) is 130 Å². The smallest absolute Gasteiger partial charge is 0.271 e. The van der Waals surface area contributed by atoms with Crippen molar-refractivity contribution in [2.24, 2.45) is 0 Å². The minimum absolute atomic E-state index is 0.0243. The summed E-state index contributed by atoms with van der Waals surface area (Å²) in [4.78, 5) is 39.5. The number of benzene rings is 3. The molecule has 0 saturated heterocycles. The van der Waals surface area contributed by atoms with E-state index in [0.717, 1.165) is 48.0 Å². The van der Waals surface area contributed by atoms with Crippen LogP contribution in [0.15, 0.2) is 89.8 Å². The normalized spacial score (nSPS) is 14.5. The van der Waals surface area contributed by atoms with Gasteiger partial charge in [-0.05, 0) is 49.9 Å². The van der Waals surface area contributed by atoms with Crippen molar-refractivity contribution in [2.75, 3.05) is 17.4 Å². The van der Waals surface area contributed by atoms with E-state index in [0.29, 0.717) is 6.42 Å². The average molecular weight is 593 g/mol. The van der Waals surface area contributed by atoms with Crippen molar-refractivity contribution in [3.63, 3.8) is 0 Å². The molecule has 0 radical (unpaired) electrons. The Morgan fingerprint density at radius 3 is 2.24 bits per heavy atom. The second kappa shape index (κ2) is 14.1. The molecular weight excluding hydrogens is 556 g/mol. The van der Waals surface area contributed by atoms with Gasteiger partial charge in [0, 0.05) is 24.7 Å². The van der Waals surface area contributed by atoms with Crippen LogP contribution in [0.5, 0.6) is 0 Å². The number of amides is 2. The summed E-state index contributed by atoms with van der Waals surface area (Å²) in [6, 6.07) is 21.4. The molecule has 0 bridgehead atoms. The Morgan fingerprint density at radius 1 is 0.952 bits per heavy atom. The first-order chi connectivity index (χ1) is 20.2. The second-order valence-electron chi connectivity index (χ2n) is 10.4. The number of hydrogen-bond donors (Lipinski definition) is 1. The van der Waals surface area contributed by atoms with Crippen molar-refractivity contribution < 1.29 is 22.9 Å². The standard InChI is InChI=1S/C31H36N4O6S/c1-24(31(37)32-26-14-7-3-8-15-26)33(21-20-25-12-5-2-6-13-25)30(36)23-34(27-16-11-17-28(22-27)35(38)39)42(40,41)29-18-9-4-10-19-29/h2,4-6,9-13,16-19,22,24,26H,3,7-8,14-15,20-21,23H2,1H3,(H,32,37)/t24-/m1/s1. The molecule has 0 spiro atoms. The van der Waals surface area contributed by atoms with Crippen molar-refractivity contribution in [3.05, 3.63) is 101 Å². The Hall–Kier alpha value is -4.25. The first-order valence-electron chi connectivity index (χ1n) is 14.1. The molecule has 42 heavy (non-hydrogen) atoms. The van der Waals surface area contributed by atoms with Crippen molar-refractivity contribution in [2.45, 2.75) is 62.4 Å². The zero-order chi connectivity index (χ0) is 30.1. The summed E-state index contributed by atoms with van der Waals surface area (Å²) in [5.74, 6) is -0.889. The molecule has 0 aromatic heterocycles. The third kappa shape index (κ3) is 7.73. The largest absolute Gasteiger partial charge is 0.352 e. The van der Waals surface area contributed by atoms with Crippen LogP contribution < -0.4 is 9.62 Å².